The Labute approximate surface area is 209 Å². The van der Waals surface area contributed by atoms with E-state index < -0.39 is 32.0 Å². The predicted octanol–water partition coefficient (Wildman–Crippen LogP) is 4.13. The number of Topliss-reactive ketones (excluding diaryl/α,β-unsaturated/α-hetero) is 1. The molecule has 2 aliphatic carbocycles. The van der Waals surface area contributed by atoms with Gasteiger partial charge < -0.3 is 10.2 Å². The van der Waals surface area contributed by atoms with Gasteiger partial charge in [-0.25, -0.2) is 17.2 Å². The lowest BCUT2D eigenvalue weighted by Crippen LogP contribution is -2.42. The van der Waals surface area contributed by atoms with E-state index in [0.29, 0.717) is 31.3 Å². The molecule has 2 N–H and O–H groups in total. The average molecular weight is 518 g/mol. The van der Waals surface area contributed by atoms with Crippen LogP contribution in [0.3, 0.4) is 0 Å². The maximum Gasteiger partial charge on any atom is 0.264 e. The van der Waals surface area contributed by atoms with Gasteiger partial charge in [0.25, 0.3) is 10.0 Å². The van der Waals surface area contributed by atoms with Crippen molar-refractivity contribution < 1.29 is 26.8 Å². The van der Waals surface area contributed by atoms with Gasteiger partial charge in [-0.15, -0.1) is 0 Å². The molecule has 0 radical (unpaired) electrons. The number of carbonyl (C=O) groups excluding carboxylic acids is 2. The Kier molecular flexibility index (Phi) is 6.26. The van der Waals surface area contributed by atoms with E-state index in [-0.39, 0.29) is 29.8 Å². The van der Waals surface area contributed by atoms with Crippen LogP contribution in [0.2, 0.25) is 0 Å². The molecule has 0 bridgehead atoms. The minimum absolute atomic E-state index is 0.0597. The fourth-order valence-electron chi connectivity index (χ4n) is 5.66. The Morgan fingerprint density at radius 1 is 1.14 bits per heavy atom. The molecular weight excluding hydrogens is 488 g/mol. The van der Waals surface area contributed by atoms with E-state index in [2.05, 4.69) is 10.0 Å². The van der Waals surface area contributed by atoms with E-state index in [1.165, 1.54) is 0 Å². The molecule has 10 heteroatoms. The number of amides is 1. The summed E-state index contributed by atoms with van der Waals surface area (Å²) in [5.74, 6) is -1.79. The Morgan fingerprint density at radius 2 is 1.86 bits per heavy atom. The maximum absolute atomic E-state index is 14.3. The monoisotopic (exact) mass is 517 g/mol. The second-order valence-corrected chi connectivity index (χ2v) is 11.6. The van der Waals surface area contributed by atoms with Crippen LogP contribution in [0.25, 0.3) is 0 Å². The predicted molar refractivity (Wildman–Crippen MR) is 131 cm³/mol. The molecule has 1 saturated heterocycles. The first-order valence-electron chi connectivity index (χ1n) is 12.4. The van der Waals surface area contributed by atoms with E-state index >= 15 is 0 Å². The number of nitrogens with zero attached hydrogens (tertiary/aromatic N) is 1. The summed E-state index contributed by atoms with van der Waals surface area (Å²) in [4.78, 5) is 26.2. The first-order valence-corrected chi connectivity index (χ1v) is 13.8. The zero-order valence-electron chi connectivity index (χ0n) is 20.1. The van der Waals surface area contributed by atoms with Crippen LogP contribution >= 0.6 is 0 Å². The highest BCUT2D eigenvalue weighted by atomic mass is 32.2. The topological polar surface area (TPSA) is 95.6 Å². The molecule has 0 unspecified atom stereocenters. The smallest absolute Gasteiger partial charge is 0.264 e. The van der Waals surface area contributed by atoms with Gasteiger partial charge in [-0.1, -0.05) is 13.3 Å². The van der Waals surface area contributed by atoms with Crippen molar-refractivity contribution in [3.63, 3.8) is 0 Å². The molecule has 2 fully saturated rings. The summed E-state index contributed by atoms with van der Waals surface area (Å²) in [6, 6.07) is 5.71. The second kappa shape index (κ2) is 9.14. The number of hydrogen-bond donors (Lipinski definition) is 2. The molecule has 192 valence electrons. The number of piperidine rings is 1. The van der Waals surface area contributed by atoms with Crippen molar-refractivity contribution in [1.82, 2.24) is 4.90 Å². The molecule has 36 heavy (non-hydrogen) atoms. The minimum Gasteiger partial charge on any atom is -0.382 e. The highest BCUT2D eigenvalue weighted by molar-refractivity contribution is 7.92. The molecule has 0 atom stereocenters. The molecule has 1 aliphatic heterocycles. The standard InChI is InChI=1S/C26H29F2N3O4S/c1-2-25(33)31-10-6-17(7-11-31)29-22-14-18(13-20-19(22)15-24(32)26(20)8-3-9-26)30-36(34,35)23-5-4-16(27)12-21(23)28/h4-5,12-14,17,29-30H,2-3,6-11,15H2,1H3. The van der Waals surface area contributed by atoms with Crippen LogP contribution in [0.15, 0.2) is 35.2 Å². The maximum atomic E-state index is 14.3. The molecule has 2 aromatic rings. The van der Waals surface area contributed by atoms with Crippen LogP contribution in [-0.4, -0.2) is 44.1 Å². The number of fused-ring (bicyclic) bond motifs is 2. The number of carbonyl (C=O) groups is 2. The van der Waals surface area contributed by atoms with Gasteiger partial charge in [0, 0.05) is 43.7 Å². The van der Waals surface area contributed by atoms with Crippen LogP contribution < -0.4 is 10.0 Å². The number of hydrogen-bond acceptors (Lipinski definition) is 5. The van der Waals surface area contributed by atoms with Gasteiger partial charge in [0.2, 0.25) is 5.91 Å². The van der Waals surface area contributed by atoms with E-state index in [4.69, 9.17) is 0 Å². The number of halogens is 2. The largest absolute Gasteiger partial charge is 0.382 e. The van der Waals surface area contributed by atoms with E-state index in [9.17, 15) is 26.8 Å². The summed E-state index contributed by atoms with van der Waals surface area (Å²) in [6.07, 6.45) is 4.58. The van der Waals surface area contributed by atoms with Gasteiger partial charge in [-0.05, 0) is 61.1 Å². The van der Waals surface area contributed by atoms with Crippen molar-refractivity contribution in [3.05, 3.63) is 53.1 Å². The van der Waals surface area contributed by atoms with Crippen molar-refractivity contribution in [2.75, 3.05) is 23.1 Å². The molecule has 1 spiro atoms. The molecule has 0 aromatic heterocycles. The third-order valence-corrected chi connectivity index (χ3v) is 9.20. The van der Waals surface area contributed by atoms with Crippen molar-refractivity contribution in [2.45, 2.75) is 68.2 Å². The number of nitrogens with one attached hydrogen (secondary N) is 2. The Morgan fingerprint density at radius 3 is 2.47 bits per heavy atom. The molecule has 1 heterocycles. The molecular formula is C26H29F2N3O4S. The summed E-state index contributed by atoms with van der Waals surface area (Å²) in [6.45, 7) is 3.10. The summed E-state index contributed by atoms with van der Waals surface area (Å²) in [5.41, 5.74) is 2.01. The third kappa shape index (κ3) is 4.25. The van der Waals surface area contributed by atoms with E-state index in [0.717, 1.165) is 55.4 Å². The number of ketones is 1. The second-order valence-electron chi connectivity index (χ2n) is 9.92. The van der Waals surface area contributed by atoms with Crippen molar-refractivity contribution >= 4 is 33.1 Å². The van der Waals surface area contributed by atoms with Crippen molar-refractivity contribution in [3.8, 4) is 0 Å². The summed E-state index contributed by atoms with van der Waals surface area (Å²) in [5, 5.41) is 3.50. The van der Waals surface area contributed by atoms with Crippen LogP contribution in [0, 0.1) is 11.6 Å². The van der Waals surface area contributed by atoms with Crippen molar-refractivity contribution in [1.29, 1.82) is 0 Å². The third-order valence-electron chi connectivity index (χ3n) is 7.79. The molecule has 1 amide bonds. The molecule has 2 aromatic carbocycles. The minimum atomic E-state index is -4.34. The SMILES string of the molecule is CCC(=O)N1CCC(Nc2cc(NS(=O)(=O)c3ccc(F)cc3F)cc3c2CC(=O)C32CCC2)CC1. The van der Waals surface area contributed by atoms with Gasteiger partial charge in [0.15, 0.2) is 0 Å². The highest BCUT2D eigenvalue weighted by Gasteiger charge is 2.51. The fraction of sp³-hybridized carbons (Fsp3) is 0.462. The van der Waals surface area contributed by atoms with Crippen LogP contribution in [0.5, 0.6) is 0 Å². The van der Waals surface area contributed by atoms with Gasteiger partial charge in [-0.2, -0.15) is 0 Å². The Hall–Kier alpha value is -3.01. The van der Waals surface area contributed by atoms with Gasteiger partial charge in [0.05, 0.1) is 11.1 Å². The van der Waals surface area contributed by atoms with Crippen LogP contribution in [0.1, 0.15) is 56.6 Å². The average Bonchev–Trinajstić information content (AvgIpc) is 3.11. The van der Waals surface area contributed by atoms with E-state index in [1.807, 2.05) is 11.8 Å². The normalized spacial score (nSPS) is 19.2. The lowest BCUT2D eigenvalue weighted by Gasteiger charge is -2.38. The molecule has 5 rings (SSSR count). The quantitative estimate of drug-likeness (QED) is 0.601. The van der Waals surface area contributed by atoms with Gasteiger partial charge in [-0.3, -0.25) is 14.3 Å². The van der Waals surface area contributed by atoms with Crippen molar-refractivity contribution in [2.24, 2.45) is 0 Å². The first kappa shape index (κ1) is 24.7. The zero-order valence-corrected chi connectivity index (χ0v) is 20.9. The number of likely N-dealkylation sites (tertiary alicyclic amines) is 1. The lowest BCUT2D eigenvalue weighted by atomic mass is 9.64. The first-order chi connectivity index (χ1) is 17.1. The van der Waals surface area contributed by atoms with Gasteiger partial charge in [0.1, 0.15) is 22.3 Å². The number of sulfonamides is 1. The fourth-order valence-corrected chi connectivity index (χ4v) is 6.76. The van der Waals surface area contributed by atoms with Gasteiger partial charge >= 0.3 is 0 Å². The summed E-state index contributed by atoms with van der Waals surface area (Å²) < 4.78 is 56.0. The molecule has 3 aliphatic rings. The number of rotatable bonds is 6. The summed E-state index contributed by atoms with van der Waals surface area (Å²) >= 11 is 0. The molecule has 7 nitrogen and oxygen atoms in total. The lowest BCUT2D eigenvalue weighted by molar-refractivity contribution is -0.131. The number of anilines is 2. The Bertz CT molecular complexity index is 1330. The zero-order chi connectivity index (χ0) is 25.7. The summed E-state index contributed by atoms with van der Waals surface area (Å²) in [7, 11) is -4.34. The van der Waals surface area contributed by atoms with Crippen LogP contribution in [0.4, 0.5) is 20.2 Å². The number of benzene rings is 2. The highest BCUT2D eigenvalue weighted by Crippen LogP contribution is 2.53. The van der Waals surface area contributed by atoms with E-state index in [1.54, 1.807) is 12.1 Å². The van der Waals surface area contributed by atoms with Crippen LogP contribution in [-0.2, 0) is 31.4 Å². The molecule has 1 saturated carbocycles. The Balaban J connectivity index is 1.46.